The molecule has 0 saturated heterocycles. The number of nitrogens with two attached hydrogens (primary N) is 2. The summed E-state index contributed by atoms with van der Waals surface area (Å²) in [7, 11) is 5.69. The van der Waals surface area contributed by atoms with Gasteiger partial charge < -0.3 is 21.1 Å². The summed E-state index contributed by atoms with van der Waals surface area (Å²) < 4.78 is 5.85. The first kappa shape index (κ1) is 20.3. The first-order valence-corrected chi connectivity index (χ1v) is 8.72. The molecule has 0 radical (unpaired) electrons. The van der Waals surface area contributed by atoms with E-state index in [1.54, 1.807) is 19.3 Å². The first-order chi connectivity index (χ1) is 12.9. The molecule has 0 saturated carbocycles. The fourth-order valence-corrected chi connectivity index (χ4v) is 2.97. The van der Waals surface area contributed by atoms with Crippen molar-refractivity contribution in [3.63, 3.8) is 0 Å². The number of hydrogen-bond donors (Lipinski definition) is 2. The number of anilines is 2. The molecule has 0 aromatic heterocycles. The van der Waals surface area contributed by atoms with Crippen LogP contribution in [0.4, 0.5) is 11.4 Å². The van der Waals surface area contributed by atoms with Gasteiger partial charge in [-0.2, -0.15) is 0 Å². The van der Waals surface area contributed by atoms with Gasteiger partial charge in [-0.15, -0.1) is 0 Å². The van der Waals surface area contributed by atoms with Crippen molar-refractivity contribution in [1.82, 2.24) is 0 Å². The normalized spacial score (nSPS) is 13.7. The molecular formula is C22H27N3O2. The van der Waals surface area contributed by atoms with Crippen molar-refractivity contribution in [2.45, 2.75) is 12.0 Å². The summed E-state index contributed by atoms with van der Waals surface area (Å²) in [6.45, 7) is 0. The highest BCUT2D eigenvalue weighted by Gasteiger charge is 2.24. The smallest absolute Gasteiger partial charge is 0.241 e. The molecule has 0 spiro atoms. The Morgan fingerprint density at radius 2 is 1.74 bits per heavy atom. The van der Waals surface area contributed by atoms with Crippen molar-refractivity contribution in [2.24, 2.45) is 5.73 Å². The number of nitrogen functional groups attached to an aromatic ring is 1. The second-order valence-electron chi connectivity index (χ2n) is 6.44. The van der Waals surface area contributed by atoms with Gasteiger partial charge >= 0.3 is 0 Å². The monoisotopic (exact) mass is 365 g/mol. The van der Waals surface area contributed by atoms with Gasteiger partial charge in [0.25, 0.3) is 0 Å². The van der Waals surface area contributed by atoms with E-state index in [0.717, 1.165) is 16.8 Å². The number of methoxy groups -OCH3 is 1. The molecule has 2 aromatic rings. The van der Waals surface area contributed by atoms with E-state index in [-0.39, 0.29) is 12.0 Å². The fourth-order valence-electron chi connectivity index (χ4n) is 2.97. The van der Waals surface area contributed by atoms with Gasteiger partial charge in [-0.05, 0) is 29.3 Å². The average molecular weight is 365 g/mol. The minimum absolute atomic E-state index is 0.126. The largest absolute Gasteiger partial charge is 0.398 e. The van der Waals surface area contributed by atoms with E-state index in [4.69, 9.17) is 16.2 Å². The lowest BCUT2D eigenvalue weighted by Gasteiger charge is -2.26. The molecule has 0 fully saturated rings. The minimum Gasteiger partial charge on any atom is -0.398 e. The van der Waals surface area contributed by atoms with E-state index in [1.165, 1.54) is 6.08 Å². The molecule has 1 amide bonds. The van der Waals surface area contributed by atoms with Gasteiger partial charge in [-0.25, -0.2) is 0 Å². The van der Waals surface area contributed by atoms with Crippen LogP contribution >= 0.6 is 0 Å². The molecule has 2 unspecified atom stereocenters. The molecule has 2 atom stereocenters. The van der Waals surface area contributed by atoms with Crippen LogP contribution < -0.4 is 16.4 Å². The zero-order valence-corrected chi connectivity index (χ0v) is 16.0. The van der Waals surface area contributed by atoms with Crippen molar-refractivity contribution in [1.29, 1.82) is 0 Å². The summed E-state index contributed by atoms with van der Waals surface area (Å²) in [6.07, 6.45) is 6.47. The molecule has 4 N–H and O–H groups in total. The number of hydrogen-bond acceptors (Lipinski definition) is 4. The molecule has 5 nitrogen and oxygen atoms in total. The maximum atomic E-state index is 10.9. The highest BCUT2D eigenvalue weighted by Crippen LogP contribution is 2.37. The molecule has 5 heteroatoms. The molecule has 2 aromatic carbocycles. The average Bonchev–Trinajstić information content (AvgIpc) is 2.65. The quantitative estimate of drug-likeness (QED) is 0.427. The van der Waals surface area contributed by atoms with Gasteiger partial charge in [0.15, 0.2) is 0 Å². The molecule has 2 rings (SSSR count). The van der Waals surface area contributed by atoms with E-state index in [0.29, 0.717) is 5.69 Å². The number of amides is 1. The van der Waals surface area contributed by atoms with Gasteiger partial charge in [0.1, 0.15) is 0 Å². The van der Waals surface area contributed by atoms with Gasteiger partial charge in [-0.1, -0.05) is 48.6 Å². The third kappa shape index (κ3) is 5.46. The van der Waals surface area contributed by atoms with Crippen LogP contribution in [-0.4, -0.2) is 27.1 Å². The van der Waals surface area contributed by atoms with Gasteiger partial charge in [0.2, 0.25) is 5.91 Å². The lowest BCUT2D eigenvalue weighted by molar-refractivity contribution is -0.113. The number of rotatable bonds is 8. The lowest BCUT2D eigenvalue weighted by atomic mass is 9.87. The number of primary amides is 1. The molecule has 142 valence electrons. The Morgan fingerprint density at radius 3 is 2.30 bits per heavy atom. The summed E-state index contributed by atoms with van der Waals surface area (Å²) in [6, 6.07) is 16.0. The van der Waals surface area contributed by atoms with Crippen LogP contribution in [0.15, 0.2) is 72.8 Å². The van der Waals surface area contributed by atoms with Crippen LogP contribution in [0, 0.1) is 0 Å². The molecule has 0 heterocycles. The van der Waals surface area contributed by atoms with Gasteiger partial charge in [0.05, 0.1) is 6.10 Å². The Bertz CT molecular complexity index is 811. The second kappa shape index (κ2) is 9.59. The molecular weight excluding hydrogens is 338 g/mol. The number of allylic oxidation sites excluding steroid dienone is 2. The van der Waals surface area contributed by atoms with Gasteiger partial charge in [-0.3, -0.25) is 4.79 Å². The second-order valence-corrected chi connectivity index (χ2v) is 6.44. The Labute approximate surface area is 160 Å². The van der Waals surface area contributed by atoms with Crippen molar-refractivity contribution in [2.75, 3.05) is 31.8 Å². The standard InChI is InChI=1S/C22H27N3O2/c1-25(2)17-14-12-16(13-15-17)22(27-3)19(9-5-7-11-21(24)26)18-8-4-6-10-20(18)23/h4-15,19,22H,23H2,1-3H3,(H2,24,26). The van der Waals surface area contributed by atoms with Crippen LogP contribution in [0.2, 0.25) is 0 Å². The zero-order valence-electron chi connectivity index (χ0n) is 16.0. The van der Waals surface area contributed by atoms with Crippen LogP contribution in [0.3, 0.4) is 0 Å². The van der Waals surface area contributed by atoms with E-state index in [2.05, 4.69) is 24.3 Å². The molecule has 0 aliphatic heterocycles. The summed E-state index contributed by atoms with van der Waals surface area (Å²) in [5.41, 5.74) is 15.2. The molecule has 0 bridgehead atoms. The summed E-state index contributed by atoms with van der Waals surface area (Å²) in [4.78, 5) is 13.0. The molecule has 0 aliphatic rings. The highest BCUT2D eigenvalue weighted by atomic mass is 16.5. The van der Waals surface area contributed by atoms with E-state index in [1.807, 2.05) is 49.3 Å². The number of benzene rings is 2. The number of carbonyl (C=O) groups excluding carboxylic acids is 1. The van der Waals surface area contributed by atoms with Crippen LogP contribution in [-0.2, 0) is 9.53 Å². The molecule has 27 heavy (non-hydrogen) atoms. The van der Waals surface area contributed by atoms with Crippen molar-refractivity contribution < 1.29 is 9.53 Å². The van der Waals surface area contributed by atoms with Crippen molar-refractivity contribution in [3.8, 4) is 0 Å². The maximum absolute atomic E-state index is 10.9. The van der Waals surface area contributed by atoms with Crippen molar-refractivity contribution >= 4 is 17.3 Å². The van der Waals surface area contributed by atoms with E-state index >= 15 is 0 Å². The number of ether oxygens (including phenoxy) is 1. The van der Waals surface area contributed by atoms with Crippen molar-refractivity contribution in [3.05, 3.63) is 84.0 Å². The minimum atomic E-state index is -0.488. The topological polar surface area (TPSA) is 81.6 Å². The highest BCUT2D eigenvalue weighted by molar-refractivity contribution is 5.86. The third-order valence-corrected chi connectivity index (χ3v) is 4.36. The van der Waals surface area contributed by atoms with Crippen LogP contribution in [0.5, 0.6) is 0 Å². The van der Waals surface area contributed by atoms with Gasteiger partial charge in [0, 0.05) is 44.6 Å². The Balaban J connectivity index is 2.42. The predicted octanol–water partition coefficient (Wildman–Crippen LogP) is 3.40. The zero-order chi connectivity index (χ0) is 19.8. The Hall–Kier alpha value is -3.05. The Kier molecular flexibility index (Phi) is 7.20. The summed E-state index contributed by atoms with van der Waals surface area (Å²) in [5, 5.41) is 0. The third-order valence-electron chi connectivity index (χ3n) is 4.36. The number of nitrogens with zero attached hydrogens (tertiary/aromatic N) is 1. The lowest BCUT2D eigenvalue weighted by Crippen LogP contribution is -2.14. The maximum Gasteiger partial charge on any atom is 0.241 e. The fraction of sp³-hybridized carbons (Fsp3) is 0.227. The molecule has 0 aliphatic carbocycles. The van der Waals surface area contributed by atoms with Crippen LogP contribution in [0.25, 0.3) is 0 Å². The number of para-hydroxylation sites is 1. The Morgan fingerprint density at radius 1 is 1.07 bits per heavy atom. The number of carbonyl (C=O) groups is 1. The SMILES string of the molecule is COC(c1ccc(N(C)C)cc1)C(C=CC=CC(N)=O)c1ccccc1N. The van der Waals surface area contributed by atoms with E-state index < -0.39 is 5.91 Å². The van der Waals surface area contributed by atoms with E-state index in [9.17, 15) is 4.79 Å². The van der Waals surface area contributed by atoms with Crippen LogP contribution in [0.1, 0.15) is 23.1 Å². The first-order valence-electron chi connectivity index (χ1n) is 8.72. The summed E-state index contributed by atoms with van der Waals surface area (Å²) in [5.74, 6) is -0.614. The summed E-state index contributed by atoms with van der Waals surface area (Å²) >= 11 is 0. The predicted molar refractivity (Wildman–Crippen MR) is 112 cm³/mol.